The summed E-state index contributed by atoms with van der Waals surface area (Å²) in [6, 6.07) is 9.27. The number of anilines is 1. The molecule has 2 aromatic heterocycles. The molecular weight excluding hydrogens is 603 g/mol. The predicted molar refractivity (Wildman–Crippen MR) is 172 cm³/mol. The van der Waals surface area contributed by atoms with E-state index in [1.165, 1.54) is 6.33 Å². The van der Waals surface area contributed by atoms with E-state index in [0.717, 1.165) is 0 Å². The van der Waals surface area contributed by atoms with Gasteiger partial charge in [0, 0.05) is 12.2 Å². The number of ether oxygens (including phenoxy) is 3. The van der Waals surface area contributed by atoms with Gasteiger partial charge in [-0.1, -0.05) is 73.6 Å². The monoisotopic (exact) mass is 645 g/mol. The van der Waals surface area contributed by atoms with Crippen LogP contribution in [-0.2, 0) is 22.4 Å². The van der Waals surface area contributed by atoms with Crippen LogP contribution in [0.15, 0.2) is 43.0 Å². The number of nitrogens with zero attached hydrogens (tertiary/aromatic N) is 4. The normalized spacial score (nSPS) is 25.2. The zero-order chi connectivity index (χ0) is 31.1. The van der Waals surface area contributed by atoms with E-state index in [0.29, 0.717) is 16.9 Å². The summed E-state index contributed by atoms with van der Waals surface area (Å²) in [5.74, 6) is 0.841. The lowest BCUT2D eigenvalue weighted by Gasteiger charge is -2.51. The molecule has 0 aliphatic carbocycles. The molecule has 4 atom stereocenters. The number of rotatable bonds is 7. The molecule has 2 N–H and O–H groups in total. The number of fused-ring (bicyclic) bond motifs is 2. The number of nitrogens with two attached hydrogens (primary N) is 1. The molecule has 0 saturated carbocycles. The Labute approximate surface area is 260 Å². The summed E-state index contributed by atoms with van der Waals surface area (Å²) in [6.45, 7) is 17.8. The maximum atomic E-state index is 7.38. The van der Waals surface area contributed by atoms with E-state index >= 15 is 0 Å². The molecule has 1 unspecified atom stereocenters. The molecule has 2 aliphatic heterocycles. The Kier molecular flexibility index (Phi) is 9.28. The minimum atomic E-state index is -2.99. The van der Waals surface area contributed by atoms with Crippen molar-refractivity contribution in [3.05, 3.63) is 43.0 Å². The van der Waals surface area contributed by atoms with Gasteiger partial charge in [-0.2, -0.15) is 0 Å². The number of imidazole rings is 1. The number of para-hydroxylation sites is 1. The molecule has 4 heterocycles. The van der Waals surface area contributed by atoms with Gasteiger partial charge in [0.15, 0.2) is 23.8 Å². The van der Waals surface area contributed by atoms with Crippen LogP contribution in [-0.4, -0.2) is 66.8 Å². The Morgan fingerprint density at radius 3 is 2.23 bits per heavy atom. The van der Waals surface area contributed by atoms with Crippen molar-refractivity contribution >= 4 is 51.6 Å². The van der Waals surface area contributed by atoms with Crippen molar-refractivity contribution in [1.82, 2.24) is 19.5 Å². The minimum absolute atomic E-state index is 0.0500. The molecular formula is C29H43N5O6SSi2. The zero-order valence-electron chi connectivity index (χ0n) is 26.1. The van der Waals surface area contributed by atoms with Crippen molar-refractivity contribution in [3.8, 4) is 5.75 Å². The van der Waals surface area contributed by atoms with Crippen molar-refractivity contribution in [2.45, 2.75) is 102 Å². The Balaban J connectivity index is 1.60. The zero-order valence-corrected chi connectivity index (χ0v) is 28.9. The maximum absolute atomic E-state index is 7.38. The van der Waals surface area contributed by atoms with Gasteiger partial charge in [0.25, 0.3) is 0 Å². The highest BCUT2D eigenvalue weighted by Crippen LogP contribution is 2.49. The van der Waals surface area contributed by atoms with Gasteiger partial charge in [-0.25, -0.2) is 15.0 Å². The first-order valence-electron chi connectivity index (χ1n) is 14.9. The van der Waals surface area contributed by atoms with Crippen molar-refractivity contribution in [2.75, 3.05) is 12.3 Å². The second-order valence-electron chi connectivity index (χ2n) is 12.5. The SMILES string of the molecule is CC(C)[Si]1(C(C)C)OC[C@@H]2O[C@H](n3cnc4c(N)ncnc43)C(OC(=S)Oc3ccccc3)[C@@H]2O[Si](C(C)C)(C(C)C)O1. The predicted octanol–water partition coefficient (Wildman–Crippen LogP) is 6.01. The molecule has 5 rings (SSSR count). The molecule has 0 amide bonds. The lowest BCUT2D eigenvalue weighted by atomic mass is 10.1. The number of hydrogen-bond donors (Lipinski definition) is 1. The topological polar surface area (TPSA) is 125 Å². The first kappa shape index (κ1) is 31.9. The molecule has 11 nitrogen and oxygen atoms in total. The van der Waals surface area contributed by atoms with Gasteiger partial charge in [-0.15, -0.1) is 0 Å². The molecule has 14 heteroatoms. The van der Waals surface area contributed by atoms with E-state index in [2.05, 4.69) is 70.3 Å². The van der Waals surface area contributed by atoms with Gasteiger partial charge in [0.05, 0.1) is 12.9 Å². The van der Waals surface area contributed by atoms with Gasteiger partial charge in [-0.05, 0) is 34.3 Å². The Morgan fingerprint density at radius 1 is 0.953 bits per heavy atom. The van der Waals surface area contributed by atoms with Gasteiger partial charge >= 0.3 is 22.4 Å². The van der Waals surface area contributed by atoms with Crippen LogP contribution in [0.3, 0.4) is 0 Å². The molecule has 43 heavy (non-hydrogen) atoms. The largest absolute Gasteiger partial charge is 0.446 e. The van der Waals surface area contributed by atoms with Crippen LogP contribution in [0.2, 0.25) is 22.2 Å². The average molecular weight is 646 g/mol. The molecule has 0 bridgehead atoms. The summed E-state index contributed by atoms with van der Waals surface area (Å²) >= 11 is 5.62. The molecule has 3 aromatic rings. The molecule has 2 saturated heterocycles. The average Bonchev–Trinajstić information content (AvgIpc) is 3.50. The molecule has 2 fully saturated rings. The summed E-state index contributed by atoms with van der Waals surface area (Å²) in [5, 5.41) is -0.0500. The Hall–Kier alpha value is -2.47. The highest BCUT2D eigenvalue weighted by molar-refractivity contribution is 7.79. The van der Waals surface area contributed by atoms with Crippen LogP contribution in [0.4, 0.5) is 5.82 Å². The second kappa shape index (κ2) is 12.5. The first-order chi connectivity index (χ1) is 20.4. The van der Waals surface area contributed by atoms with Crippen molar-refractivity contribution < 1.29 is 27.2 Å². The van der Waals surface area contributed by atoms with Crippen molar-refractivity contribution in [2.24, 2.45) is 0 Å². The number of benzene rings is 1. The number of nitrogen functional groups attached to an aromatic ring is 1. The summed E-state index contributed by atoms with van der Waals surface area (Å²) < 4.78 is 42.6. The summed E-state index contributed by atoms with van der Waals surface area (Å²) in [6.07, 6.45) is 0.504. The molecule has 234 valence electrons. The van der Waals surface area contributed by atoms with Crippen LogP contribution in [0, 0.1) is 0 Å². The Morgan fingerprint density at radius 2 is 1.60 bits per heavy atom. The van der Waals surface area contributed by atoms with Crippen LogP contribution in [0.1, 0.15) is 61.6 Å². The van der Waals surface area contributed by atoms with E-state index in [1.807, 2.05) is 30.3 Å². The standard InChI is InChI=1S/C29H43N5O6SSi2/c1-17(2)42(18(3)4)35-14-22-24(39-43(40-42,19(5)6)20(7)8)25(38-29(41)36-21-12-10-9-11-13-21)28(37-22)34-16-33-23-26(30)31-15-32-27(23)34/h9-13,15-20,22,24-25,28H,14H2,1-8H3,(H2,30,31,32)/t22-,24+,25?,28-/m0/s1. The molecule has 1 aromatic carbocycles. The minimum Gasteiger partial charge on any atom is -0.446 e. The van der Waals surface area contributed by atoms with Gasteiger partial charge in [-0.3, -0.25) is 4.57 Å². The van der Waals surface area contributed by atoms with E-state index in [1.54, 1.807) is 10.9 Å². The summed E-state index contributed by atoms with van der Waals surface area (Å²) in [7, 11) is -5.76. The van der Waals surface area contributed by atoms with Crippen LogP contribution >= 0.6 is 12.2 Å². The van der Waals surface area contributed by atoms with Crippen LogP contribution < -0.4 is 10.5 Å². The van der Waals surface area contributed by atoms with E-state index in [-0.39, 0.29) is 39.8 Å². The third-order valence-electron chi connectivity index (χ3n) is 8.45. The smallest absolute Gasteiger partial charge is 0.358 e. The van der Waals surface area contributed by atoms with E-state index in [9.17, 15) is 0 Å². The number of aromatic nitrogens is 4. The van der Waals surface area contributed by atoms with Crippen molar-refractivity contribution in [3.63, 3.8) is 0 Å². The number of hydrogen-bond acceptors (Lipinski definition) is 11. The third kappa shape index (κ3) is 5.85. The lowest BCUT2D eigenvalue weighted by molar-refractivity contribution is -0.0569. The van der Waals surface area contributed by atoms with Crippen LogP contribution in [0.5, 0.6) is 5.75 Å². The third-order valence-corrected chi connectivity index (χ3v) is 18.9. The Bertz CT molecular complexity index is 1410. The fraction of sp³-hybridized carbons (Fsp3) is 0.586. The molecule has 0 radical (unpaired) electrons. The summed E-state index contributed by atoms with van der Waals surface area (Å²) in [5.41, 5.74) is 7.74. The maximum Gasteiger partial charge on any atom is 0.358 e. The first-order valence-corrected chi connectivity index (χ1v) is 19.3. The second-order valence-corrected chi connectivity index (χ2v) is 21.6. The summed E-state index contributed by atoms with van der Waals surface area (Å²) in [4.78, 5) is 13.0. The lowest BCUT2D eigenvalue weighted by Crippen LogP contribution is -2.66. The highest BCUT2D eigenvalue weighted by atomic mass is 32.1. The van der Waals surface area contributed by atoms with Crippen LogP contribution in [0.25, 0.3) is 11.2 Å². The van der Waals surface area contributed by atoms with Crippen molar-refractivity contribution in [1.29, 1.82) is 0 Å². The van der Waals surface area contributed by atoms with E-state index in [4.69, 9.17) is 45.1 Å². The van der Waals surface area contributed by atoms with Gasteiger partial charge < -0.3 is 32.9 Å². The quantitative estimate of drug-likeness (QED) is 0.240. The fourth-order valence-corrected chi connectivity index (χ4v) is 17.7. The number of thiocarbonyl (C=S) groups is 1. The molecule has 2 aliphatic rings. The highest BCUT2D eigenvalue weighted by Gasteiger charge is 2.62. The van der Waals surface area contributed by atoms with Gasteiger partial charge in [0.1, 0.15) is 29.8 Å². The fourth-order valence-electron chi connectivity index (χ4n) is 6.25. The molecule has 0 spiro atoms. The van der Waals surface area contributed by atoms with Gasteiger partial charge in [0.2, 0.25) is 0 Å². The van der Waals surface area contributed by atoms with E-state index < -0.39 is 41.7 Å².